The SMILES string of the molecule is O=C(Cc1ccc(F)cc1)Nc1ncc(-c2ccc(O)cc2)nc1/C=C/c1ccccc1. The molecule has 0 bridgehead atoms. The molecule has 32 heavy (non-hydrogen) atoms. The Bertz CT molecular complexity index is 1240. The van der Waals surface area contributed by atoms with Gasteiger partial charge >= 0.3 is 0 Å². The molecule has 5 nitrogen and oxygen atoms in total. The first-order valence-corrected chi connectivity index (χ1v) is 10.0. The summed E-state index contributed by atoms with van der Waals surface area (Å²) in [5.41, 5.74) is 3.56. The topological polar surface area (TPSA) is 75.1 Å². The molecule has 0 fully saturated rings. The molecule has 3 aromatic carbocycles. The molecule has 158 valence electrons. The van der Waals surface area contributed by atoms with Crippen molar-refractivity contribution in [3.05, 3.63) is 108 Å². The number of phenols is 1. The van der Waals surface area contributed by atoms with E-state index in [1.54, 1.807) is 48.7 Å². The smallest absolute Gasteiger partial charge is 0.230 e. The van der Waals surface area contributed by atoms with Crippen LogP contribution in [0.2, 0.25) is 0 Å². The highest BCUT2D eigenvalue weighted by atomic mass is 19.1. The summed E-state index contributed by atoms with van der Waals surface area (Å²) in [6, 6.07) is 22.2. The van der Waals surface area contributed by atoms with Gasteiger partial charge in [-0.15, -0.1) is 0 Å². The predicted molar refractivity (Wildman–Crippen MR) is 123 cm³/mol. The monoisotopic (exact) mass is 425 g/mol. The lowest BCUT2D eigenvalue weighted by molar-refractivity contribution is -0.115. The van der Waals surface area contributed by atoms with Crippen LogP contribution < -0.4 is 5.32 Å². The van der Waals surface area contributed by atoms with Crippen molar-refractivity contribution in [2.24, 2.45) is 0 Å². The molecule has 0 atom stereocenters. The van der Waals surface area contributed by atoms with Crippen LogP contribution in [-0.4, -0.2) is 21.0 Å². The lowest BCUT2D eigenvalue weighted by atomic mass is 10.1. The van der Waals surface area contributed by atoms with Crippen LogP contribution in [0, 0.1) is 5.82 Å². The molecule has 0 saturated heterocycles. The predicted octanol–water partition coefficient (Wildman–Crippen LogP) is 5.34. The van der Waals surface area contributed by atoms with Crippen molar-refractivity contribution in [2.45, 2.75) is 6.42 Å². The van der Waals surface area contributed by atoms with E-state index in [1.165, 1.54) is 12.1 Å². The van der Waals surface area contributed by atoms with Gasteiger partial charge in [0.05, 0.1) is 18.3 Å². The fraction of sp³-hybridized carbons (Fsp3) is 0.0385. The van der Waals surface area contributed by atoms with Crippen molar-refractivity contribution >= 4 is 23.9 Å². The Morgan fingerprint density at radius 1 is 0.938 bits per heavy atom. The van der Waals surface area contributed by atoms with E-state index in [0.29, 0.717) is 22.8 Å². The zero-order valence-electron chi connectivity index (χ0n) is 17.1. The maximum atomic E-state index is 13.1. The first kappa shape index (κ1) is 20.9. The Morgan fingerprint density at radius 2 is 1.66 bits per heavy atom. The number of benzene rings is 3. The third-order valence-electron chi connectivity index (χ3n) is 4.73. The van der Waals surface area contributed by atoms with Crippen molar-refractivity contribution in [2.75, 3.05) is 5.32 Å². The van der Waals surface area contributed by atoms with E-state index in [-0.39, 0.29) is 23.9 Å². The van der Waals surface area contributed by atoms with Crippen molar-refractivity contribution in [3.63, 3.8) is 0 Å². The lowest BCUT2D eigenvalue weighted by Gasteiger charge is -2.10. The van der Waals surface area contributed by atoms with E-state index >= 15 is 0 Å². The summed E-state index contributed by atoms with van der Waals surface area (Å²) < 4.78 is 13.1. The number of carbonyl (C=O) groups is 1. The average Bonchev–Trinajstić information content (AvgIpc) is 2.81. The second-order valence-electron chi connectivity index (χ2n) is 7.13. The summed E-state index contributed by atoms with van der Waals surface area (Å²) in [6.07, 6.45) is 5.34. The van der Waals surface area contributed by atoms with Gasteiger partial charge in [-0.2, -0.15) is 0 Å². The van der Waals surface area contributed by atoms with Gasteiger partial charge in [-0.05, 0) is 53.6 Å². The number of aromatic nitrogens is 2. The molecule has 4 rings (SSSR count). The van der Waals surface area contributed by atoms with Gasteiger partial charge in [0.2, 0.25) is 5.91 Å². The average molecular weight is 425 g/mol. The number of halogens is 1. The third-order valence-corrected chi connectivity index (χ3v) is 4.73. The maximum Gasteiger partial charge on any atom is 0.230 e. The van der Waals surface area contributed by atoms with E-state index in [0.717, 1.165) is 11.1 Å². The molecule has 1 amide bonds. The largest absolute Gasteiger partial charge is 0.508 e. The Labute approximate surface area is 184 Å². The second-order valence-corrected chi connectivity index (χ2v) is 7.13. The van der Waals surface area contributed by atoms with Crippen LogP contribution in [0.15, 0.2) is 85.1 Å². The molecule has 0 aliphatic heterocycles. The highest BCUT2D eigenvalue weighted by molar-refractivity contribution is 5.93. The van der Waals surface area contributed by atoms with Gasteiger partial charge in [-0.25, -0.2) is 14.4 Å². The molecule has 6 heteroatoms. The number of hydrogen-bond donors (Lipinski definition) is 2. The van der Waals surface area contributed by atoms with Crippen molar-refractivity contribution in [1.82, 2.24) is 9.97 Å². The van der Waals surface area contributed by atoms with Crippen LogP contribution >= 0.6 is 0 Å². The minimum atomic E-state index is -0.349. The Morgan fingerprint density at radius 3 is 2.38 bits per heavy atom. The molecule has 0 radical (unpaired) electrons. The molecule has 0 saturated carbocycles. The van der Waals surface area contributed by atoms with Gasteiger partial charge < -0.3 is 10.4 Å². The lowest BCUT2D eigenvalue weighted by Crippen LogP contribution is -2.16. The minimum Gasteiger partial charge on any atom is -0.508 e. The summed E-state index contributed by atoms with van der Waals surface area (Å²) in [5, 5.41) is 12.3. The molecule has 4 aromatic rings. The number of rotatable bonds is 6. The van der Waals surface area contributed by atoms with E-state index in [4.69, 9.17) is 0 Å². The molecule has 1 aromatic heterocycles. The quantitative estimate of drug-likeness (QED) is 0.437. The molecule has 0 aliphatic carbocycles. The fourth-order valence-electron chi connectivity index (χ4n) is 3.09. The highest BCUT2D eigenvalue weighted by Crippen LogP contribution is 2.23. The molecule has 0 aliphatic rings. The van der Waals surface area contributed by atoms with Crippen molar-refractivity contribution in [1.29, 1.82) is 0 Å². The summed E-state index contributed by atoms with van der Waals surface area (Å²) >= 11 is 0. The number of phenolic OH excluding ortho intramolecular Hbond substituents is 1. The summed E-state index contributed by atoms with van der Waals surface area (Å²) in [6.45, 7) is 0. The van der Waals surface area contributed by atoms with E-state index in [9.17, 15) is 14.3 Å². The third kappa shape index (κ3) is 5.43. The zero-order valence-corrected chi connectivity index (χ0v) is 17.1. The number of nitrogens with one attached hydrogen (secondary N) is 1. The van der Waals surface area contributed by atoms with Crippen LogP contribution in [-0.2, 0) is 11.2 Å². The van der Waals surface area contributed by atoms with Crippen LogP contribution in [0.25, 0.3) is 23.4 Å². The van der Waals surface area contributed by atoms with Gasteiger partial charge in [0.25, 0.3) is 0 Å². The van der Waals surface area contributed by atoms with E-state index < -0.39 is 0 Å². The van der Waals surface area contributed by atoms with Crippen LogP contribution in [0.1, 0.15) is 16.8 Å². The second kappa shape index (κ2) is 9.66. The van der Waals surface area contributed by atoms with E-state index in [2.05, 4.69) is 15.3 Å². The van der Waals surface area contributed by atoms with Gasteiger partial charge in [0, 0.05) is 5.56 Å². The van der Waals surface area contributed by atoms with Gasteiger partial charge in [-0.1, -0.05) is 48.5 Å². The molecular weight excluding hydrogens is 405 g/mol. The van der Waals surface area contributed by atoms with Crippen LogP contribution in [0.3, 0.4) is 0 Å². The van der Waals surface area contributed by atoms with Crippen LogP contribution in [0.5, 0.6) is 5.75 Å². The number of amides is 1. The van der Waals surface area contributed by atoms with E-state index in [1.807, 2.05) is 36.4 Å². The van der Waals surface area contributed by atoms with Gasteiger partial charge in [-0.3, -0.25) is 4.79 Å². The van der Waals surface area contributed by atoms with Gasteiger partial charge in [0.15, 0.2) is 5.82 Å². The van der Waals surface area contributed by atoms with Gasteiger partial charge in [0.1, 0.15) is 17.3 Å². The normalized spacial score (nSPS) is 10.9. The maximum absolute atomic E-state index is 13.1. The standard InChI is InChI=1S/C26H20FN3O2/c27-21-11-6-19(7-12-21)16-25(32)30-26-23(15-8-18-4-2-1-3-5-18)29-24(17-28-26)20-9-13-22(31)14-10-20/h1-15,17,31H,16H2,(H,28,30,32)/b15-8+. The first-order valence-electron chi connectivity index (χ1n) is 10.0. The molecular formula is C26H20FN3O2. The Hall–Kier alpha value is -4.32. The highest BCUT2D eigenvalue weighted by Gasteiger charge is 2.11. The van der Waals surface area contributed by atoms with Crippen LogP contribution in [0.4, 0.5) is 10.2 Å². The fourth-order valence-corrected chi connectivity index (χ4v) is 3.09. The summed E-state index contributed by atoms with van der Waals surface area (Å²) in [4.78, 5) is 21.6. The van der Waals surface area contributed by atoms with Crippen molar-refractivity contribution in [3.8, 4) is 17.0 Å². The molecule has 2 N–H and O–H groups in total. The number of hydrogen-bond acceptors (Lipinski definition) is 4. The number of anilines is 1. The molecule has 1 heterocycles. The molecule has 0 spiro atoms. The zero-order chi connectivity index (χ0) is 22.3. The minimum absolute atomic E-state index is 0.0868. The number of aromatic hydroxyl groups is 1. The summed E-state index contributed by atoms with van der Waals surface area (Å²) in [7, 11) is 0. The Balaban J connectivity index is 1.62. The first-order chi connectivity index (χ1) is 15.6. The summed E-state index contributed by atoms with van der Waals surface area (Å²) in [5.74, 6) is -0.141. The Kier molecular flexibility index (Phi) is 6.32. The van der Waals surface area contributed by atoms with Crippen molar-refractivity contribution < 1.29 is 14.3 Å². The molecule has 0 unspecified atom stereocenters. The number of nitrogens with zero attached hydrogens (tertiary/aromatic N) is 2. The number of carbonyl (C=O) groups excluding carboxylic acids is 1.